The Hall–Kier alpha value is -2.41. The molecule has 0 saturated carbocycles. The minimum atomic E-state index is -0.112. The molecule has 2 N–H and O–H groups in total. The normalized spacial score (nSPS) is 10.4. The number of aromatic nitrogens is 3. The van der Waals surface area contributed by atoms with Gasteiger partial charge in [-0.15, -0.1) is 5.10 Å². The number of nitrogens with one attached hydrogen (secondary N) is 2. The van der Waals surface area contributed by atoms with Crippen LogP contribution in [0.15, 0.2) is 30.5 Å². The summed E-state index contributed by atoms with van der Waals surface area (Å²) in [5.41, 5.74) is 1.79. The van der Waals surface area contributed by atoms with E-state index in [1.165, 1.54) is 4.68 Å². The second kappa shape index (κ2) is 7.39. The summed E-state index contributed by atoms with van der Waals surface area (Å²) >= 11 is 0. The molecule has 2 aromatic rings. The van der Waals surface area contributed by atoms with E-state index in [4.69, 9.17) is 4.74 Å². The highest BCUT2D eigenvalue weighted by atomic mass is 16.5. The molecule has 0 bridgehead atoms. The molecule has 1 heterocycles. The van der Waals surface area contributed by atoms with Crippen LogP contribution >= 0.6 is 0 Å². The van der Waals surface area contributed by atoms with Crippen LogP contribution < -0.4 is 15.4 Å². The maximum atomic E-state index is 11.9. The van der Waals surface area contributed by atoms with E-state index >= 15 is 0 Å². The van der Waals surface area contributed by atoms with E-state index in [1.807, 2.05) is 31.3 Å². The van der Waals surface area contributed by atoms with Crippen LogP contribution in [0.1, 0.15) is 11.3 Å². The first-order valence-corrected chi connectivity index (χ1v) is 6.64. The molecule has 0 radical (unpaired) electrons. The maximum absolute atomic E-state index is 11.9. The van der Waals surface area contributed by atoms with E-state index in [-0.39, 0.29) is 12.5 Å². The Balaban J connectivity index is 1.83. The van der Waals surface area contributed by atoms with E-state index in [0.717, 1.165) is 17.0 Å². The number of ether oxygens (including phenoxy) is 1. The largest absolute Gasteiger partial charge is 0.497 e. The van der Waals surface area contributed by atoms with E-state index < -0.39 is 0 Å². The average Bonchev–Trinajstić information content (AvgIpc) is 2.93. The number of nitrogens with zero attached hydrogens (tertiary/aromatic N) is 3. The minimum Gasteiger partial charge on any atom is -0.497 e. The van der Waals surface area contributed by atoms with Gasteiger partial charge in [0.25, 0.3) is 0 Å². The molecule has 2 rings (SSSR count). The monoisotopic (exact) mass is 289 g/mol. The SMILES string of the molecule is CNCc1cn(CC(=O)NCc2cccc(OC)c2)nn1. The smallest absolute Gasteiger partial charge is 0.242 e. The Labute approximate surface area is 123 Å². The van der Waals surface area contributed by atoms with Crippen molar-refractivity contribution in [2.45, 2.75) is 19.6 Å². The number of rotatable bonds is 7. The topological polar surface area (TPSA) is 81.1 Å². The molecular weight excluding hydrogens is 270 g/mol. The van der Waals surface area contributed by atoms with Gasteiger partial charge in [-0.05, 0) is 24.7 Å². The maximum Gasteiger partial charge on any atom is 0.242 e. The fourth-order valence-corrected chi connectivity index (χ4v) is 1.86. The van der Waals surface area contributed by atoms with Crippen LogP contribution in [0.25, 0.3) is 0 Å². The number of benzene rings is 1. The molecule has 0 aliphatic heterocycles. The lowest BCUT2D eigenvalue weighted by Gasteiger charge is -2.06. The lowest BCUT2D eigenvalue weighted by atomic mass is 10.2. The van der Waals surface area contributed by atoms with Gasteiger partial charge in [-0.3, -0.25) is 4.79 Å². The van der Waals surface area contributed by atoms with Gasteiger partial charge in [-0.2, -0.15) is 0 Å². The van der Waals surface area contributed by atoms with Gasteiger partial charge in [0, 0.05) is 13.1 Å². The zero-order chi connectivity index (χ0) is 15.1. The van der Waals surface area contributed by atoms with E-state index in [0.29, 0.717) is 13.1 Å². The summed E-state index contributed by atoms with van der Waals surface area (Å²) < 4.78 is 6.66. The molecular formula is C14H19N5O2. The Bertz CT molecular complexity index is 597. The Kier molecular flexibility index (Phi) is 5.28. The first kappa shape index (κ1) is 15.0. The van der Waals surface area contributed by atoms with Crippen molar-refractivity contribution < 1.29 is 9.53 Å². The third-order valence-corrected chi connectivity index (χ3v) is 2.87. The summed E-state index contributed by atoms with van der Waals surface area (Å²) in [5.74, 6) is 0.661. The van der Waals surface area contributed by atoms with E-state index in [2.05, 4.69) is 20.9 Å². The average molecular weight is 289 g/mol. The van der Waals surface area contributed by atoms with Crippen molar-refractivity contribution in [1.29, 1.82) is 0 Å². The molecule has 0 fully saturated rings. The lowest BCUT2D eigenvalue weighted by Crippen LogP contribution is -2.27. The van der Waals surface area contributed by atoms with Gasteiger partial charge < -0.3 is 15.4 Å². The number of carbonyl (C=O) groups is 1. The van der Waals surface area contributed by atoms with Crippen molar-refractivity contribution in [2.75, 3.05) is 14.2 Å². The van der Waals surface area contributed by atoms with Crippen molar-refractivity contribution in [3.05, 3.63) is 41.7 Å². The summed E-state index contributed by atoms with van der Waals surface area (Å²) in [5, 5.41) is 13.7. The Morgan fingerprint density at radius 2 is 2.24 bits per heavy atom. The molecule has 0 atom stereocenters. The van der Waals surface area contributed by atoms with Gasteiger partial charge >= 0.3 is 0 Å². The molecule has 0 aliphatic carbocycles. The van der Waals surface area contributed by atoms with Crippen molar-refractivity contribution in [3.8, 4) is 5.75 Å². The molecule has 0 aliphatic rings. The molecule has 7 nitrogen and oxygen atoms in total. The molecule has 0 unspecified atom stereocenters. The van der Waals surface area contributed by atoms with Crippen LogP contribution in [-0.4, -0.2) is 35.1 Å². The quantitative estimate of drug-likeness (QED) is 0.767. The summed E-state index contributed by atoms with van der Waals surface area (Å²) in [7, 11) is 3.45. The lowest BCUT2D eigenvalue weighted by molar-refractivity contribution is -0.122. The van der Waals surface area contributed by atoms with Gasteiger partial charge in [-0.1, -0.05) is 17.3 Å². The highest BCUT2D eigenvalue weighted by molar-refractivity contribution is 5.75. The second-order valence-electron chi connectivity index (χ2n) is 4.57. The fraction of sp³-hybridized carbons (Fsp3) is 0.357. The van der Waals surface area contributed by atoms with Gasteiger partial charge in [0.2, 0.25) is 5.91 Å². The van der Waals surface area contributed by atoms with Crippen LogP contribution in [0.2, 0.25) is 0 Å². The fourth-order valence-electron chi connectivity index (χ4n) is 1.86. The summed E-state index contributed by atoms with van der Waals surface area (Å²) in [6.45, 7) is 1.24. The van der Waals surface area contributed by atoms with Gasteiger partial charge in [0.1, 0.15) is 12.3 Å². The van der Waals surface area contributed by atoms with Gasteiger partial charge in [0.05, 0.1) is 19.0 Å². The first-order valence-electron chi connectivity index (χ1n) is 6.64. The Morgan fingerprint density at radius 1 is 1.38 bits per heavy atom. The summed E-state index contributed by atoms with van der Waals surface area (Å²) in [6.07, 6.45) is 1.75. The van der Waals surface area contributed by atoms with E-state index in [1.54, 1.807) is 13.3 Å². The molecule has 0 saturated heterocycles. The van der Waals surface area contributed by atoms with Crippen molar-refractivity contribution in [2.24, 2.45) is 0 Å². The number of hydrogen-bond donors (Lipinski definition) is 2. The molecule has 7 heteroatoms. The molecule has 112 valence electrons. The van der Waals surface area contributed by atoms with Crippen LogP contribution in [0.3, 0.4) is 0 Å². The molecule has 1 aromatic heterocycles. The van der Waals surface area contributed by atoms with Gasteiger partial charge in [-0.25, -0.2) is 4.68 Å². The molecule has 0 spiro atoms. The molecule has 21 heavy (non-hydrogen) atoms. The number of hydrogen-bond acceptors (Lipinski definition) is 5. The van der Waals surface area contributed by atoms with Crippen LogP contribution in [0.4, 0.5) is 0 Å². The molecule has 1 aromatic carbocycles. The highest BCUT2D eigenvalue weighted by Gasteiger charge is 2.06. The van der Waals surface area contributed by atoms with Crippen LogP contribution in [-0.2, 0) is 24.4 Å². The van der Waals surface area contributed by atoms with Crippen molar-refractivity contribution >= 4 is 5.91 Å². The number of carbonyl (C=O) groups excluding carboxylic acids is 1. The van der Waals surface area contributed by atoms with Crippen LogP contribution in [0.5, 0.6) is 5.75 Å². The number of methoxy groups -OCH3 is 1. The predicted molar refractivity (Wildman–Crippen MR) is 77.6 cm³/mol. The van der Waals surface area contributed by atoms with Crippen LogP contribution in [0, 0.1) is 0 Å². The predicted octanol–water partition coefficient (Wildman–Crippen LogP) is 0.322. The standard InChI is InChI=1S/C14H19N5O2/c1-15-8-12-9-19(18-17-12)10-14(20)16-7-11-4-3-5-13(6-11)21-2/h3-6,9,15H,7-8,10H2,1-2H3,(H,16,20). The van der Waals surface area contributed by atoms with Crippen molar-refractivity contribution in [3.63, 3.8) is 0 Å². The minimum absolute atomic E-state index is 0.112. The second-order valence-corrected chi connectivity index (χ2v) is 4.57. The number of amides is 1. The first-order chi connectivity index (χ1) is 10.2. The summed E-state index contributed by atoms with van der Waals surface area (Å²) in [4.78, 5) is 11.9. The zero-order valence-electron chi connectivity index (χ0n) is 12.2. The third kappa shape index (κ3) is 4.57. The van der Waals surface area contributed by atoms with Crippen molar-refractivity contribution in [1.82, 2.24) is 25.6 Å². The Morgan fingerprint density at radius 3 is 3.00 bits per heavy atom. The van der Waals surface area contributed by atoms with E-state index in [9.17, 15) is 4.79 Å². The highest BCUT2D eigenvalue weighted by Crippen LogP contribution is 2.12. The third-order valence-electron chi connectivity index (χ3n) is 2.87. The van der Waals surface area contributed by atoms with Gasteiger partial charge in [0.15, 0.2) is 0 Å². The summed E-state index contributed by atoms with van der Waals surface area (Å²) in [6, 6.07) is 7.58. The molecule has 1 amide bonds. The zero-order valence-corrected chi connectivity index (χ0v) is 12.2.